The number of rotatable bonds is 1. The van der Waals surface area contributed by atoms with Crippen LogP contribution >= 0.6 is 0 Å². The summed E-state index contributed by atoms with van der Waals surface area (Å²) in [7, 11) is 0. The molecule has 0 aromatic carbocycles. The molecule has 0 aromatic heterocycles. The highest BCUT2D eigenvalue weighted by Gasteiger charge is 2.36. The number of likely N-dealkylation sites (tertiary alicyclic amines) is 1. The van der Waals surface area contributed by atoms with Gasteiger partial charge in [-0.3, -0.25) is 14.5 Å². The van der Waals surface area contributed by atoms with E-state index in [1.807, 2.05) is 13.8 Å². The highest BCUT2D eigenvalue weighted by atomic mass is 16.2. The van der Waals surface area contributed by atoms with Crippen LogP contribution in [0.5, 0.6) is 0 Å². The molecule has 2 amide bonds. The van der Waals surface area contributed by atoms with Crippen molar-refractivity contribution in [2.75, 3.05) is 0 Å². The predicted molar refractivity (Wildman–Crippen MR) is 52.0 cm³/mol. The Morgan fingerprint density at radius 2 is 1.85 bits per heavy atom. The average Bonchev–Trinajstić information content (AvgIpc) is 2.30. The number of amides is 2. The van der Waals surface area contributed by atoms with Crippen LogP contribution in [-0.2, 0) is 9.59 Å². The highest BCUT2D eigenvalue weighted by Crippen LogP contribution is 2.20. The van der Waals surface area contributed by atoms with E-state index in [4.69, 9.17) is 0 Å². The van der Waals surface area contributed by atoms with Gasteiger partial charge >= 0.3 is 0 Å². The predicted octanol–water partition coefficient (Wildman–Crippen LogP) is 1.59. The Morgan fingerprint density at radius 3 is 2.00 bits per heavy atom. The fourth-order valence-electron chi connectivity index (χ4n) is 1.35. The molecule has 0 aliphatic carbocycles. The maximum atomic E-state index is 11.3. The number of hydrogen-bond donors (Lipinski definition) is 0. The Kier molecular flexibility index (Phi) is 4.38. The average molecular weight is 183 g/mol. The quantitative estimate of drug-likeness (QED) is 0.457. The lowest BCUT2D eigenvalue weighted by Crippen LogP contribution is -2.36. The fraction of sp³-hybridized carbons (Fsp3) is 0.600. The first kappa shape index (κ1) is 11.9. The zero-order valence-corrected chi connectivity index (χ0v) is 8.54. The van der Waals surface area contributed by atoms with Crippen molar-refractivity contribution in [1.29, 1.82) is 0 Å². The van der Waals surface area contributed by atoms with Crippen LogP contribution in [0.4, 0.5) is 0 Å². The van der Waals surface area contributed by atoms with Crippen molar-refractivity contribution in [3.8, 4) is 0 Å². The van der Waals surface area contributed by atoms with Gasteiger partial charge in [0.25, 0.3) is 0 Å². The Balaban J connectivity index is 0.000000671. The maximum Gasteiger partial charge on any atom is 0.232 e. The van der Waals surface area contributed by atoms with E-state index >= 15 is 0 Å². The molecule has 0 radical (unpaired) electrons. The fourth-order valence-corrected chi connectivity index (χ4v) is 1.35. The Labute approximate surface area is 79.4 Å². The van der Waals surface area contributed by atoms with Crippen molar-refractivity contribution in [2.24, 2.45) is 5.92 Å². The molecule has 0 saturated carbocycles. The zero-order chi connectivity index (χ0) is 10.6. The van der Waals surface area contributed by atoms with E-state index in [2.05, 4.69) is 13.2 Å². The summed E-state index contributed by atoms with van der Waals surface area (Å²) < 4.78 is 0. The second kappa shape index (κ2) is 4.80. The number of carbonyl (C=O) groups excluding carboxylic acids is 2. The summed E-state index contributed by atoms with van der Waals surface area (Å²) in [6, 6.07) is 0.0138. The maximum absolute atomic E-state index is 11.3. The third kappa shape index (κ3) is 2.41. The van der Waals surface area contributed by atoms with E-state index in [1.54, 1.807) is 6.92 Å². The molecule has 74 valence electrons. The first-order valence-corrected chi connectivity index (χ1v) is 4.40. The molecule has 0 N–H and O–H groups in total. The van der Waals surface area contributed by atoms with E-state index in [-0.39, 0.29) is 23.8 Å². The summed E-state index contributed by atoms with van der Waals surface area (Å²) in [4.78, 5) is 23.8. The van der Waals surface area contributed by atoms with Crippen molar-refractivity contribution in [2.45, 2.75) is 33.2 Å². The van der Waals surface area contributed by atoms with Crippen molar-refractivity contribution in [3.05, 3.63) is 13.2 Å². The minimum Gasteiger partial charge on any atom is -0.280 e. The van der Waals surface area contributed by atoms with Gasteiger partial charge in [-0.05, 0) is 13.8 Å². The molecular weight excluding hydrogens is 166 g/mol. The first-order valence-electron chi connectivity index (χ1n) is 4.40. The summed E-state index contributed by atoms with van der Waals surface area (Å²) >= 11 is 0. The molecule has 3 heteroatoms. The van der Waals surface area contributed by atoms with Crippen LogP contribution in [-0.4, -0.2) is 22.8 Å². The summed E-state index contributed by atoms with van der Waals surface area (Å²) in [5.74, 6) is -0.160. The lowest BCUT2D eigenvalue weighted by molar-refractivity contribution is -0.141. The lowest BCUT2D eigenvalue weighted by Gasteiger charge is -2.18. The summed E-state index contributed by atoms with van der Waals surface area (Å²) in [5.41, 5.74) is 0. The first-order chi connectivity index (χ1) is 6.04. The molecule has 0 bridgehead atoms. The molecule has 1 aliphatic rings. The van der Waals surface area contributed by atoms with E-state index in [1.165, 1.54) is 4.90 Å². The largest absolute Gasteiger partial charge is 0.280 e. The van der Waals surface area contributed by atoms with E-state index in [0.29, 0.717) is 6.42 Å². The van der Waals surface area contributed by atoms with Crippen molar-refractivity contribution in [3.63, 3.8) is 0 Å². The number of hydrogen-bond acceptors (Lipinski definition) is 2. The van der Waals surface area contributed by atoms with Gasteiger partial charge in [0.2, 0.25) is 11.8 Å². The standard InChI is InChI=1S/C8H13NO2.C2H4/c1-5(2)9-7(10)4-6(3)8(9)11;1-2/h5-6H,4H2,1-3H3;1-2H2/t6-;/m0./s1. The van der Waals surface area contributed by atoms with Crippen molar-refractivity contribution < 1.29 is 9.59 Å². The molecule has 0 spiro atoms. The monoisotopic (exact) mass is 183 g/mol. The highest BCUT2D eigenvalue weighted by molar-refractivity contribution is 6.03. The summed E-state index contributed by atoms with van der Waals surface area (Å²) in [6.45, 7) is 11.5. The van der Waals surface area contributed by atoms with E-state index in [9.17, 15) is 9.59 Å². The Bertz CT molecular complexity index is 211. The molecule has 1 heterocycles. The second-order valence-electron chi connectivity index (χ2n) is 3.30. The Hall–Kier alpha value is -1.12. The van der Waals surface area contributed by atoms with Crippen LogP contribution in [0.2, 0.25) is 0 Å². The van der Waals surface area contributed by atoms with Gasteiger partial charge in [0, 0.05) is 18.4 Å². The van der Waals surface area contributed by atoms with Gasteiger partial charge in [0.1, 0.15) is 0 Å². The molecule has 0 unspecified atom stereocenters. The van der Waals surface area contributed by atoms with Gasteiger partial charge in [-0.2, -0.15) is 0 Å². The molecule has 1 rings (SSSR count). The van der Waals surface area contributed by atoms with Gasteiger partial charge in [-0.25, -0.2) is 0 Å². The molecule has 1 saturated heterocycles. The molecule has 13 heavy (non-hydrogen) atoms. The lowest BCUT2D eigenvalue weighted by atomic mass is 10.1. The van der Waals surface area contributed by atoms with Crippen LogP contribution in [0.3, 0.4) is 0 Å². The topological polar surface area (TPSA) is 37.4 Å². The molecule has 3 nitrogen and oxygen atoms in total. The van der Waals surface area contributed by atoms with Gasteiger partial charge in [-0.1, -0.05) is 6.92 Å². The van der Waals surface area contributed by atoms with Crippen LogP contribution in [0.25, 0.3) is 0 Å². The molecule has 1 aliphatic heterocycles. The van der Waals surface area contributed by atoms with Crippen molar-refractivity contribution >= 4 is 11.8 Å². The number of carbonyl (C=O) groups is 2. The molecule has 0 aromatic rings. The molecular formula is C10H17NO2. The normalized spacial score (nSPS) is 21.8. The van der Waals surface area contributed by atoms with Crippen LogP contribution < -0.4 is 0 Å². The summed E-state index contributed by atoms with van der Waals surface area (Å²) in [6.07, 6.45) is 0.386. The third-order valence-electron chi connectivity index (χ3n) is 1.92. The van der Waals surface area contributed by atoms with Crippen LogP contribution in [0.1, 0.15) is 27.2 Å². The van der Waals surface area contributed by atoms with Gasteiger partial charge in [0.15, 0.2) is 0 Å². The van der Waals surface area contributed by atoms with Gasteiger partial charge in [-0.15, -0.1) is 13.2 Å². The summed E-state index contributed by atoms with van der Waals surface area (Å²) in [5, 5.41) is 0. The van der Waals surface area contributed by atoms with Crippen LogP contribution in [0.15, 0.2) is 13.2 Å². The zero-order valence-electron chi connectivity index (χ0n) is 8.54. The van der Waals surface area contributed by atoms with Crippen LogP contribution in [0, 0.1) is 5.92 Å². The minimum absolute atomic E-state index is 0.0138. The Morgan fingerprint density at radius 1 is 1.38 bits per heavy atom. The number of nitrogens with zero attached hydrogens (tertiary/aromatic N) is 1. The smallest absolute Gasteiger partial charge is 0.232 e. The molecule has 1 fully saturated rings. The van der Waals surface area contributed by atoms with E-state index in [0.717, 1.165) is 0 Å². The van der Waals surface area contributed by atoms with Gasteiger partial charge in [0.05, 0.1) is 0 Å². The van der Waals surface area contributed by atoms with Gasteiger partial charge < -0.3 is 0 Å². The second-order valence-corrected chi connectivity index (χ2v) is 3.30. The minimum atomic E-state index is -0.107. The number of imide groups is 1. The van der Waals surface area contributed by atoms with Crippen molar-refractivity contribution in [1.82, 2.24) is 4.90 Å². The molecule has 1 atom stereocenters. The van der Waals surface area contributed by atoms with E-state index < -0.39 is 0 Å². The SMILES string of the molecule is C=C.CC(C)N1C(=O)C[C@H](C)C1=O. The third-order valence-corrected chi connectivity index (χ3v) is 1.92.